The van der Waals surface area contributed by atoms with Gasteiger partial charge < -0.3 is 15.7 Å². The van der Waals surface area contributed by atoms with E-state index in [1.165, 1.54) is 23.1 Å². The zero-order chi connectivity index (χ0) is 18.1. The van der Waals surface area contributed by atoms with Crippen molar-refractivity contribution in [1.82, 2.24) is 10.2 Å². The van der Waals surface area contributed by atoms with E-state index in [-0.39, 0.29) is 24.4 Å². The largest absolute Gasteiger partial charge is 0.481 e. The van der Waals surface area contributed by atoms with Gasteiger partial charge in [-0.3, -0.25) is 19.3 Å². The van der Waals surface area contributed by atoms with Crippen molar-refractivity contribution in [3.63, 3.8) is 0 Å². The molecule has 24 heavy (non-hydrogen) atoms. The van der Waals surface area contributed by atoms with E-state index < -0.39 is 23.4 Å². The van der Waals surface area contributed by atoms with Crippen molar-refractivity contribution in [2.75, 3.05) is 11.9 Å². The van der Waals surface area contributed by atoms with E-state index in [4.69, 9.17) is 5.11 Å². The van der Waals surface area contributed by atoms with E-state index in [2.05, 4.69) is 10.6 Å². The van der Waals surface area contributed by atoms with Gasteiger partial charge in [-0.2, -0.15) is 0 Å². The number of urea groups is 1. The van der Waals surface area contributed by atoms with Crippen LogP contribution in [0.2, 0.25) is 0 Å². The first-order valence-electron chi connectivity index (χ1n) is 7.41. The minimum absolute atomic E-state index is 0.0126. The van der Waals surface area contributed by atoms with Crippen LogP contribution in [0.25, 0.3) is 0 Å². The maximum absolute atomic E-state index is 12.5. The molecular formula is C16H19N3O5. The summed E-state index contributed by atoms with van der Waals surface area (Å²) < 4.78 is 0. The van der Waals surface area contributed by atoms with Crippen LogP contribution in [0.15, 0.2) is 18.2 Å². The van der Waals surface area contributed by atoms with Gasteiger partial charge in [-0.25, -0.2) is 4.79 Å². The molecule has 0 atom stereocenters. The van der Waals surface area contributed by atoms with E-state index in [9.17, 15) is 19.2 Å². The maximum atomic E-state index is 12.5. The highest BCUT2D eigenvalue weighted by Crippen LogP contribution is 2.30. The molecule has 0 saturated carbocycles. The summed E-state index contributed by atoms with van der Waals surface area (Å²) in [5.41, 5.74) is 0.234. The number of carboxylic acids is 1. The third-order valence-corrected chi connectivity index (χ3v) is 3.44. The monoisotopic (exact) mass is 333 g/mol. The number of carbonyl (C=O) groups is 4. The zero-order valence-corrected chi connectivity index (χ0v) is 13.7. The molecule has 4 amide bonds. The van der Waals surface area contributed by atoms with Crippen LogP contribution in [0.5, 0.6) is 0 Å². The number of imide groups is 1. The molecule has 1 aliphatic heterocycles. The highest BCUT2D eigenvalue weighted by atomic mass is 16.4. The number of hydrogen-bond acceptors (Lipinski definition) is 4. The molecule has 0 saturated heterocycles. The molecule has 2 rings (SSSR count). The second-order valence-electron chi connectivity index (χ2n) is 6.40. The van der Waals surface area contributed by atoms with Crippen molar-refractivity contribution in [3.8, 4) is 0 Å². The Morgan fingerprint density at radius 3 is 2.33 bits per heavy atom. The predicted octanol–water partition coefficient (Wildman–Crippen LogP) is 1.68. The summed E-state index contributed by atoms with van der Waals surface area (Å²) in [4.78, 5) is 48.1. The number of carbonyl (C=O) groups excluding carboxylic acids is 3. The van der Waals surface area contributed by atoms with Gasteiger partial charge in [-0.05, 0) is 39.0 Å². The third-order valence-electron chi connectivity index (χ3n) is 3.44. The molecule has 0 aliphatic carbocycles. The quantitative estimate of drug-likeness (QED) is 0.725. The smallest absolute Gasteiger partial charge is 0.319 e. The zero-order valence-electron chi connectivity index (χ0n) is 13.7. The van der Waals surface area contributed by atoms with Crippen LogP contribution in [0.3, 0.4) is 0 Å². The summed E-state index contributed by atoms with van der Waals surface area (Å²) in [6, 6.07) is 3.87. The molecule has 8 heteroatoms. The Hall–Kier alpha value is -2.90. The number of anilines is 1. The molecule has 3 N–H and O–H groups in total. The lowest BCUT2D eigenvalue weighted by Gasteiger charge is -2.29. The lowest BCUT2D eigenvalue weighted by Crippen LogP contribution is -2.45. The van der Waals surface area contributed by atoms with Crippen LogP contribution in [0, 0.1) is 0 Å². The number of benzene rings is 1. The summed E-state index contributed by atoms with van der Waals surface area (Å²) in [6.45, 7) is 5.29. The second kappa shape index (κ2) is 6.31. The normalized spacial score (nSPS) is 13.7. The van der Waals surface area contributed by atoms with Gasteiger partial charge in [0.2, 0.25) is 0 Å². The number of rotatable bonds is 4. The number of carboxylic acid groups (broad SMARTS) is 1. The number of aliphatic carboxylic acids is 1. The molecule has 0 bridgehead atoms. The molecule has 1 aromatic carbocycles. The van der Waals surface area contributed by atoms with E-state index in [0.29, 0.717) is 11.3 Å². The van der Waals surface area contributed by atoms with Crippen molar-refractivity contribution in [2.45, 2.75) is 32.7 Å². The van der Waals surface area contributed by atoms with E-state index >= 15 is 0 Å². The molecule has 1 aliphatic rings. The van der Waals surface area contributed by atoms with Crippen molar-refractivity contribution >= 4 is 29.5 Å². The first kappa shape index (κ1) is 17.5. The standard InChI is InChI=1S/C16H19N3O5/c1-16(2,3)19-13(22)10-5-4-9(8-11(10)14(19)23)18-15(24)17-7-6-12(20)21/h4-5,8H,6-7H2,1-3H3,(H,20,21)(H2,17,18,24). The van der Waals surface area contributed by atoms with Crippen molar-refractivity contribution in [3.05, 3.63) is 29.3 Å². The summed E-state index contributed by atoms with van der Waals surface area (Å²) >= 11 is 0. The number of nitrogens with zero attached hydrogens (tertiary/aromatic N) is 1. The number of nitrogens with one attached hydrogen (secondary N) is 2. The summed E-state index contributed by atoms with van der Waals surface area (Å²) in [6.07, 6.45) is -0.189. The SMILES string of the molecule is CC(C)(C)N1C(=O)c2ccc(NC(=O)NCCC(=O)O)cc2C1=O. The average Bonchev–Trinajstić information content (AvgIpc) is 2.69. The van der Waals surface area contributed by atoms with E-state index in [0.717, 1.165) is 0 Å². The number of hydrogen-bond donors (Lipinski definition) is 3. The van der Waals surface area contributed by atoms with Crippen molar-refractivity contribution in [2.24, 2.45) is 0 Å². The minimum Gasteiger partial charge on any atom is -0.481 e. The third kappa shape index (κ3) is 3.53. The maximum Gasteiger partial charge on any atom is 0.319 e. The van der Waals surface area contributed by atoms with Crippen molar-refractivity contribution in [1.29, 1.82) is 0 Å². The van der Waals surface area contributed by atoms with Gasteiger partial charge in [0.25, 0.3) is 11.8 Å². The predicted molar refractivity (Wildman–Crippen MR) is 86.0 cm³/mol. The minimum atomic E-state index is -1.01. The van der Waals surface area contributed by atoms with Gasteiger partial charge in [0, 0.05) is 17.8 Å². The molecule has 0 fully saturated rings. The van der Waals surface area contributed by atoms with Gasteiger partial charge in [-0.15, -0.1) is 0 Å². The first-order chi connectivity index (χ1) is 11.1. The lowest BCUT2D eigenvalue weighted by atomic mass is 10.1. The second-order valence-corrected chi connectivity index (χ2v) is 6.40. The van der Waals surface area contributed by atoms with E-state index in [1.807, 2.05) is 0 Å². The summed E-state index contributed by atoms with van der Waals surface area (Å²) in [7, 11) is 0. The molecular weight excluding hydrogens is 314 g/mol. The van der Waals surface area contributed by atoms with Gasteiger partial charge in [0.1, 0.15) is 0 Å². The van der Waals surface area contributed by atoms with Gasteiger partial charge in [0.05, 0.1) is 17.5 Å². The molecule has 1 aromatic rings. The molecule has 128 valence electrons. The molecule has 0 spiro atoms. The van der Waals surface area contributed by atoms with Gasteiger partial charge in [0.15, 0.2) is 0 Å². The Kier molecular flexibility index (Phi) is 4.59. The Morgan fingerprint density at radius 1 is 1.12 bits per heavy atom. The average molecular weight is 333 g/mol. The van der Waals surface area contributed by atoms with Crippen LogP contribution >= 0.6 is 0 Å². The summed E-state index contributed by atoms with van der Waals surface area (Å²) in [5, 5.41) is 13.4. The molecule has 0 unspecified atom stereocenters. The molecule has 0 aromatic heterocycles. The first-order valence-corrected chi connectivity index (χ1v) is 7.41. The van der Waals surface area contributed by atoms with Crippen LogP contribution < -0.4 is 10.6 Å². The van der Waals surface area contributed by atoms with Crippen LogP contribution in [0.4, 0.5) is 10.5 Å². The van der Waals surface area contributed by atoms with Crippen LogP contribution in [-0.2, 0) is 4.79 Å². The molecule has 8 nitrogen and oxygen atoms in total. The lowest BCUT2D eigenvalue weighted by molar-refractivity contribution is -0.136. The Labute approximate surface area is 138 Å². The summed E-state index contributed by atoms with van der Waals surface area (Å²) in [5.74, 6) is -1.78. The Bertz CT molecular complexity index is 721. The van der Waals surface area contributed by atoms with E-state index in [1.54, 1.807) is 20.8 Å². The van der Waals surface area contributed by atoms with Gasteiger partial charge in [-0.1, -0.05) is 0 Å². The topological polar surface area (TPSA) is 116 Å². The number of amides is 4. The fraction of sp³-hybridized carbons (Fsp3) is 0.375. The Morgan fingerprint density at radius 2 is 1.75 bits per heavy atom. The fourth-order valence-electron chi connectivity index (χ4n) is 2.39. The van der Waals surface area contributed by atoms with Crippen molar-refractivity contribution < 1.29 is 24.3 Å². The number of fused-ring (bicyclic) bond motifs is 1. The molecule has 1 heterocycles. The fourth-order valence-corrected chi connectivity index (χ4v) is 2.39. The Balaban J connectivity index is 2.12. The molecule has 0 radical (unpaired) electrons. The highest BCUT2D eigenvalue weighted by Gasteiger charge is 2.41. The van der Waals surface area contributed by atoms with Crippen LogP contribution in [-0.4, -0.2) is 45.9 Å². The van der Waals surface area contributed by atoms with Crippen LogP contribution in [0.1, 0.15) is 47.9 Å². The highest BCUT2D eigenvalue weighted by molar-refractivity contribution is 6.22. The van der Waals surface area contributed by atoms with Gasteiger partial charge >= 0.3 is 12.0 Å².